The van der Waals surface area contributed by atoms with Crippen LogP contribution in [0.5, 0.6) is 11.5 Å². The third-order valence-electron chi connectivity index (χ3n) is 4.47. The average Bonchev–Trinajstić information content (AvgIpc) is 3.43. The molecule has 2 aromatic carbocycles. The van der Waals surface area contributed by atoms with Gasteiger partial charge in [-0.25, -0.2) is 0 Å². The lowest BCUT2D eigenvalue weighted by atomic mass is 10.2. The van der Waals surface area contributed by atoms with Crippen LogP contribution in [-0.4, -0.2) is 29.0 Å². The minimum atomic E-state index is 0.699. The number of benzene rings is 2. The molecule has 0 amide bonds. The van der Waals surface area contributed by atoms with E-state index in [9.17, 15) is 0 Å². The zero-order valence-electron chi connectivity index (χ0n) is 16.2. The first-order chi connectivity index (χ1) is 14.3. The molecular formula is C22H21N3O2S2. The lowest BCUT2D eigenvalue weighted by Gasteiger charge is -2.12. The molecule has 2 aromatic heterocycles. The molecule has 0 fully saturated rings. The molecule has 0 aliphatic heterocycles. The van der Waals surface area contributed by atoms with Gasteiger partial charge in [-0.05, 0) is 41.8 Å². The van der Waals surface area contributed by atoms with Gasteiger partial charge in [0.15, 0.2) is 5.16 Å². The maximum atomic E-state index is 5.51. The fourth-order valence-corrected chi connectivity index (χ4v) is 4.70. The molecule has 148 valence electrons. The lowest BCUT2D eigenvalue weighted by molar-refractivity contribution is 0.400. The largest absolute Gasteiger partial charge is 0.497 e. The van der Waals surface area contributed by atoms with Gasteiger partial charge in [0.1, 0.15) is 17.3 Å². The summed E-state index contributed by atoms with van der Waals surface area (Å²) in [4.78, 5) is 1.26. The van der Waals surface area contributed by atoms with E-state index >= 15 is 0 Å². The van der Waals surface area contributed by atoms with Gasteiger partial charge in [0, 0.05) is 28.3 Å². The molecule has 0 aliphatic rings. The molecular weight excluding hydrogens is 402 g/mol. The van der Waals surface area contributed by atoms with Crippen molar-refractivity contribution in [3.05, 3.63) is 82.3 Å². The summed E-state index contributed by atoms with van der Waals surface area (Å²) in [6.45, 7) is 0. The number of thiophene rings is 1. The van der Waals surface area contributed by atoms with Gasteiger partial charge >= 0.3 is 0 Å². The van der Waals surface area contributed by atoms with Crippen molar-refractivity contribution in [2.75, 3.05) is 14.2 Å². The van der Waals surface area contributed by atoms with E-state index in [0.717, 1.165) is 40.2 Å². The van der Waals surface area contributed by atoms with Crippen LogP contribution in [0.15, 0.2) is 71.2 Å². The summed E-state index contributed by atoms with van der Waals surface area (Å²) in [5, 5.41) is 11.9. The van der Waals surface area contributed by atoms with Crippen LogP contribution in [0.3, 0.4) is 0 Å². The highest BCUT2D eigenvalue weighted by Crippen LogP contribution is 2.32. The number of para-hydroxylation sites is 1. The monoisotopic (exact) mass is 423 g/mol. The Morgan fingerprint density at radius 3 is 2.55 bits per heavy atom. The van der Waals surface area contributed by atoms with Crippen LogP contribution in [0.1, 0.15) is 16.3 Å². The molecule has 0 radical (unpaired) electrons. The summed E-state index contributed by atoms with van der Waals surface area (Å²) >= 11 is 3.37. The van der Waals surface area contributed by atoms with Gasteiger partial charge in [-0.15, -0.1) is 21.5 Å². The number of nitrogens with zero attached hydrogens (tertiary/aromatic N) is 3. The standard InChI is InChI=1S/C22H21N3O2S2/c1-26-18-10-11-20(27-2)16(13-18)15-29-22-24-23-21(14-19-9-6-12-28-19)25(22)17-7-4-3-5-8-17/h3-13H,14-15H2,1-2H3. The second-order valence-electron chi connectivity index (χ2n) is 6.29. The summed E-state index contributed by atoms with van der Waals surface area (Å²) in [6.07, 6.45) is 0.753. The van der Waals surface area contributed by atoms with Crippen LogP contribution in [0.4, 0.5) is 0 Å². The molecule has 2 heterocycles. The molecule has 0 saturated heterocycles. The Morgan fingerprint density at radius 1 is 0.966 bits per heavy atom. The first-order valence-corrected chi connectivity index (χ1v) is 11.0. The van der Waals surface area contributed by atoms with Crippen LogP contribution in [0.2, 0.25) is 0 Å². The van der Waals surface area contributed by atoms with E-state index in [1.54, 1.807) is 37.3 Å². The molecule has 4 aromatic rings. The van der Waals surface area contributed by atoms with Crippen molar-refractivity contribution in [2.24, 2.45) is 0 Å². The Labute approximate surface area is 178 Å². The molecule has 0 atom stereocenters. The van der Waals surface area contributed by atoms with Crippen LogP contribution >= 0.6 is 23.1 Å². The van der Waals surface area contributed by atoms with Gasteiger partial charge in [-0.2, -0.15) is 0 Å². The molecule has 4 rings (SSSR count). The third kappa shape index (κ3) is 4.46. The van der Waals surface area contributed by atoms with Gasteiger partial charge in [-0.1, -0.05) is 36.0 Å². The van der Waals surface area contributed by atoms with Gasteiger partial charge < -0.3 is 9.47 Å². The topological polar surface area (TPSA) is 49.2 Å². The van der Waals surface area contributed by atoms with Crippen molar-refractivity contribution in [1.29, 1.82) is 0 Å². The van der Waals surface area contributed by atoms with Gasteiger partial charge in [0.05, 0.1) is 14.2 Å². The second kappa shape index (κ2) is 9.15. The number of thioether (sulfide) groups is 1. The maximum absolute atomic E-state index is 5.51. The van der Waals surface area contributed by atoms with E-state index in [2.05, 4.69) is 44.4 Å². The Kier molecular flexibility index (Phi) is 6.17. The minimum absolute atomic E-state index is 0.699. The summed E-state index contributed by atoms with van der Waals surface area (Å²) in [6, 6.07) is 20.3. The summed E-state index contributed by atoms with van der Waals surface area (Å²) in [5.41, 5.74) is 2.11. The van der Waals surface area contributed by atoms with Crippen LogP contribution in [0, 0.1) is 0 Å². The van der Waals surface area contributed by atoms with Crippen LogP contribution in [-0.2, 0) is 12.2 Å². The molecule has 0 spiro atoms. The minimum Gasteiger partial charge on any atom is -0.497 e. The Bertz CT molecular complexity index is 1060. The molecule has 0 saturated carbocycles. The van der Waals surface area contributed by atoms with Crippen molar-refractivity contribution >= 4 is 23.1 Å². The SMILES string of the molecule is COc1ccc(OC)c(CSc2nnc(Cc3cccs3)n2-c2ccccc2)c1. The smallest absolute Gasteiger partial charge is 0.196 e. The Hall–Kier alpha value is -2.77. The predicted octanol–water partition coefficient (Wildman–Crippen LogP) is 5.23. The normalized spacial score (nSPS) is 10.8. The van der Waals surface area contributed by atoms with E-state index in [-0.39, 0.29) is 0 Å². The highest BCUT2D eigenvalue weighted by molar-refractivity contribution is 7.98. The molecule has 0 N–H and O–H groups in total. The van der Waals surface area contributed by atoms with Crippen molar-refractivity contribution in [3.63, 3.8) is 0 Å². The first-order valence-electron chi connectivity index (χ1n) is 9.14. The highest BCUT2D eigenvalue weighted by atomic mass is 32.2. The fraction of sp³-hybridized carbons (Fsp3) is 0.182. The summed E-state index contributed by atoms with van der Waals surface area (Å²) < 4.78 is 13.0. The van der Waals surface area contributed by atoms with E-state index in [1.165, 1.54) is 4.88 Å². The molecule has 29 heavy (non-hydrogen) atoms. The second-order valence-corrected chi connectivity index (χ2v) is 8.27. The molecule has 0 unspecified atom stereocenters. The molecule has 5 nitrogen and oxygen atoms in total. The average molecular weight is 424 g/mol. The third-order valence-corrected chi connectivity index (χ3v) is 6.33. The van der Waals surface area contributed by atoms with Gasteiger partial charge in [0.25, 0.3) is 0 Å². The number of methoxy groups -OCH3 is 2. The predicted molar refractivity (Wildman–Crippen MR) is 118 cm³/mol. The first kappa shape index (κ1) is 19.5. The number of aromatic nitrogens is 3. The van der Waals surface area contributed by atoms with Gasteiger partial charge in [0.2, 0.25) is 0 Å². The quantitative estimate of drug-likeness (QED) is 0.363. The fourth-order valence-electron chi connectivity index (χ4n) is 3.05. The molecule has 0 aliphatic carbocycles. The Morgan fingerprint density at radius 2 is 1.83 bits per heavy atom. The zero-order valence-corrected chi connectivity index (χ0v) is 17.9. The molecule has 7 heteroatoms. The van der Waals surface area contributed by atoms with E-state index < -0.39 is 0 Å². The zero-order chi connectivity index (χ0) is 20.1. The van der Waals surface area contributed by atoms with Crippen molar-refractivity contribution < 1.29 is 9.47 Å². The van der Waals surface area contributed by atoms with Crippen molar-refractivity contribution in [3.8, 4) is 17.2 Å². The Balaban J connectivity index is 1.65. The van der Waals surface area contributed by atoms with Crippen LogP contribution < -0.4 is 9.47 Å². The van der Waals surface area contributed by atoms with Gasteiger partial charge in [-0.3, -0.25) is 4.57 Å². The van der Waals surface area contributed by atoms with E-state index in [0.29, 0.717) is 5.75 Å². The number of hydrogen-bond acceptors (Lipinski definition) is 6. The lowest BCUT2D eigenvalue weighted by Crippen LogP contribution is -2.03. The number of ether oxygens (including phenoxy) is 2. The number of hydrogen-bond donors (Lipinski definition) is 0. The molecule has 0 bridgehead atoms. The summed E-state index contributed by atoms with van der Waals surface area (Å²) in [7, 11) is 3.35. The van der Waals surface area contributed by atoms with E-state index in [1.807, 2.05) is 36.4 Å². The van der Waals surface area contributed by atoms with E-state index in [4.69, 9.17) is 9.47 Å². The van der Waals surface area contributed by atoms with Crippen LogP contribution in [0.25, 0.3) is 5.69 Å². The van der Waals surface area contributed by atoms with Crippen molar-refractivity contribution in [2.45, 2.75) is 17.3 Å². The maximum Gasteiger partial charge on any atom is 0.196 e. The van der Waals surface area contributed by atoms with Crippen molar-refractivity contribution in [1.82, 2.24) is 14.8 Å². The summed E-state index contributed by atoms with van der Waals surface area (Å²) in [5.74, 6) is 3.27. The number of rotatable bonds is 8. The highest BCUT2D eigenvalue weighted by Gasteiger charge is 2.16.